The third-order valence-corrected chi connectivity index (χ3v) is 3.46. The van der Waals surface area contributed by atoms with E-state index in [-0.39, 0.29) is 18.2 Å². The molecule has 1 rings (SSSR count). The molecule has 1 aromatic carbocycles. The molecule has 0 aromatic heterocycles. The lowest BCUT2D eigenvalue weighted by atomic mass is 10.1. The van der Waals surface area contributed by atoms with Crippen LogP contribution in [-0.4, -0.2) is 25.5 Å². The van der Waals surface area contributed by atoms with Gasteiger partial charge in [-0.05, 0) is 37.1 Å². The molecule has 0 spiro atoms. The van der Waals surface area contributed by atoms with Crippen molar-refractivity contribution in [1.82, 2.24) is 0 Å². The van der Waals surface area contributed by atoms with Crippen molar-refractivity contribution in [2.45, 2.75) is 51.9 Å². The zero-order chi connectivity index (χ0) is 16.2. The van der Waals surface area contributed by atoms with E-state index in [9.17, 15) is 9.59 Å². The third-order valence-electron chi connectivity index (χ3n) is 3.46. The lowest BCUT2D eigenvalue weighted by molar-refractivity contribution is -0.140. The van der Waals surface area contributed by atoms with Gasteiger partial charge in [-0.15, -0.1) is 0 Å². The molecule has 0 bridgehead atoms. The Hall–Kier alpha value is -1.84. The van der Waals surface area contributed by atoms with Gasteiger partial charge in [0.1, 0.15) is 5.75 Å². The van der Waals surface area contributed by atoms with Crippen LogP contribution < -0.4 is 4.74 Å². The number of hydrogen-bond acceptors (Lipinski definition) is 4. The largest absolute Gasteiger partial charge is 0.494 e. The van der Waals surface area contributed by atoms with Crippen molar-refractivity contribution in [1.29, 1.82) is 0 Å². The van der Waals surface area contributed by atoms with E-state index in [1.54, 1.807) is 12.1 Å². The maximum absolute atomic E-state index is 12.0. The second-order valence-corrected chi connectivity index (χ2v) is 5.29. The fourth-order valence-corrected chi connectivity index (χ4v) is 2.10. The minimum absolute atomic E-state index is 0.0402. The molecule has 0 unspecified atom stereocenters. The van der Waals surface area contributed by atoms with Gasteiger partial charge < -0.3 is 9.47 Å². The maximum atomic E-state index is 12.0. The molecule has 0 heterocycles. The van der Waals surface area contributed by atoms with E-state index in [2.05, 4.69) is 11.7 Å². The number of methoxy groups -OCH3 is 1. The molecule has 0 radical (unpaired) electrons. The molecule has 0 aliphatic rings. The van der Waals surface area contributed by atoms with Crippen LogP contribution in [-0.2, 0) is 9.53 Å². The Labute approximate surface area is 132 Å². The summed E-state index contributed by atoms with van der Waals surface area (Å²) < 4.78 is 10.2. The monoisotopic (exact) mass is 306 g/mol. The Balaban J connectivity index is 2.31. The predicted octanol–water partition coefficient (Wildman–Crippen LogP) is 4.17. The highest BCUT2D eigenvalue weighted by atomic mass is 16.5. The summed E-state index contributed by atoms with van der Waals surface area (Å²) in [5.41, 5.74) is 0.656. The van der Waals surface area contributed by atoms with Gasteiger partial charge in [0.15, 0.2) is 5.78 Å². The van der Waals surface area contributed by atoms with E-state index >= 15 is 0 Å². The number of rotatable bonds is 11. The van der Waals surface area contributed by atoms with Crippen molar-refractivity contribution in [2.24, 2.45) is 0 Å². The summed E-state index contributed by atoms with van der Waals surface area (Å²) in [6.45, 7) is 2.90. The van der Waals surface area contributed by atoms with Gasteiger partial charge in [-0.3, -0.25) is 9.59 Å². The molecule has 122 valence electrons. The maximum Gasteiger partial charge on any atom is 0.305 e. The van der Waals surface area contributed by atoms with Crippen molar-refractivity contribution in [3.63, 3.8) is 0 Å². The number of Topliss-reactive ketones (excluding diaryl/α,β-unsaturated/α-hetero) is 1. The summed E-state index contributed by atoms with van der Waals surface area (Å²) >= 11 is 0. The Kier molecular flexibility index (Phi) is 8.96. The molecule has 4 heteroatoms. The minimum Gasteiger partial charge on any atom is -0.494 e. The third kappa shape index (κ3) is 7.25. The minimum atomic E-state index is -0.278. The summed E-state index contributed by atoms with van der Waals surface area (Å²) in [7, 11) is 1.35. The van der Waals surface area contributed by atoms with Gasteiger partial charge in [0.2, 0.25) is 0 Å². The van der Waals surface area contributed by atoms with Crippen LogP contribution in [0.3, 0.4) is 0 Å². The first kappa shape index (κ1) is 18.2. The summed E-state index contributed by atoms with van der Waals surface area (Å²) in [5, 5.41) is 0. The van der Waals surface area contributed by atoms with Crippen LogP contribution in [0.4, 0.5) is 0 Å². The average Bonchev–Trinajstić information content (AvgIpc) is 2.55. The number of unbranched alkanes of at least 4 members (excludes halogenated alkanes) is 3. The zero-order valence-corrected chi connectivity index (χ0v) is 13.6. The molecule has 0 aliphatic carbocycles. The van der Waals surface area contributed by atoms with Gasteiger partial charge >= 0.3 is 5.97 Å². The zero-order valence-electron chi connectivity index (χ0n) is 13.6. The van der Waals surface area contributed by atoms with E-state index < -0.39 is 0 Å². The van der Waals surface area contributed by atoms with Crippen molar-refractivity contribution < 1.29 is 19.1 Å². The van der Waals surface area contributed by atoms with E-state index in [4.69, 9.17) is 4.74 Å². The number of esters is 1. The van der Waals surface area contributed by atoms with Gasteiger partial charge in [0.25, 0.3) is 0 Å². The van der Waals surface area contributed by atoms with E-state index in [0.29, 0.717) is 25.0 Å². The van der Waals surface area contributed by atoms with Crippen molar-refractivity contribution >= 4 is 11.8 Å². The summed E-state index contributed by atoms with van der Waals surface area (Å²) in [4.78, 5) is 23.0. The van der Waals surface area contributed by atoms with Gasteiger partial charge in [0.05, 0.1) is 13.7 Å². The Morgan fingerprint density at radius 1 is 0.955 bits per heavy atom. The quantitative estimate of drug-likeness (QED) is 0.350. The SMILES string of the molecule is CCCCCCOc1ccc(C(=O)CCCC(=O)OC)cc1. The first-order valence-corrected chi connectivity index (χ1v) is 8.00. The second-order valence-electron chi connectivity index (χ2n) is 5.29. The summed E-state index contributed by atoms with van der Waals surface area (Å²) in [6.07, 6.45) is 5.85. The van der Waals surface area contributed by atoms with Gasteiger partial charge in [-0.25, -0.2) is 0 Å². The number of ether oxygens (including phenoxy) is 2. The predicted molar refractivity (Wildman–Crippen MR) is 86.3 cm³/mol. The topological polar surface area (TPSA) is 52.6 Å². The highest BCUT2D eigenvalue weighted by molar-refractivity contribution is 5.96. The first-order chi connectivity index (χ1) is 10.7. The van der Waals surface area contributed by atoms with E-state index in [1.165, 1.54) is 26.4 Å². The fraction of sp³-hybridized carbons (Fsp3) is 0.556. The number of carbonyl (C=O) groups is 2. The molecule has 4 nitrogen and oxygen atoms in total. The number of hydrogen-bond donors (Lipinski definition) is 0. The van der Waals surface area contributed by atoms with Crippen LogP contribution in [0.25, 0.3) is 0 Å². The van der Waals surface area contributed by atoms with Crippen LogP contribution in [0.15, 0.2) is 24.3 Å². The van der Waals surface area contributed by atoms with E-state index in [0.717, 1.165) is 12.2 Å². The lowest BCUT2D eigenvalue weighted by Crippen LogP contribution is -2.04. The molecule has 1 aromatic rings. The Bertz CT molecular complexity index is 451. The van der Waals surface area contributed by atoms with Gasteiger partial charge in [-0.2, -0.15) is 0 Å². The van der Waals surface area contributed by atoms with E-state index in [1.807, 2.05) is 12.1 Å². The molecule has 0 amide bonds. The van der Waals surface area contributed by atoms with Crippen LogP contribution in [0.1, 0.15) is 62.2 Å². The molecule has 0 saturated heterocycles. The van der Waals surface area contributed by atoms with Crippen molar-refractivity contribution in [3.05, 3.63) is 29.8 Å². The van der Waals surface area contributed by atoms with Crippen molar-refractivity contribution in [2.75, 3.05) is 13.7 Å². The smallest absolute Gasteiger partial charge is 0.305 e. The highest BCUT2D eigenvalue weighted by Crippen LogP contribution is 2.15. The molecule has 0 aliphatic heterocycles. The normalized spacial score (nSPS) is 10.3. The van der Waals surface area contributed by atoms with Crippen molar-refractivity contribution in [3.8, 4) is 5.75 Å². The highest BCUT2D eigenvalue weighted by Gasteiger charge is 2.08. The Morgan fingerprint density at radius 2 is 1.68 bits per heavy atom. The average molecular weight is 306 g/mol. The summed E-state index contributed by atoms with van der Waals surface area (Å²) in [6, 6.07) is 7.21. The molecular formula is C18H26O4. The fourth-order valence-electron chi connectivity index (χ4n) is 2.10. The van der Waals surface area contributed by atoms with Gasteiger partial charge in [0, 0.05) is 18.4 Å². The number of benzene rings is 1. The van der Waals surface area contributed by atoms with Crippen LogP contribution in [0, 0.1) is 0 Å². The molecule has 0 atom stereocenters. The molecular weight excluding hydrogens is 280 g/mol. The lowest BCUT2D eigenvalue weighted by Gasteiger charge is -2.07. The molecule has 0 N–H and O–H groups in total. The van der Waals surface area contributed by atoms with Crippen LogP contribution in [0.5, 0.6) is 5.75 Å². The first-order valence-electron chi connectivity index (χ1n) is 8.00. The Morgan fingerprint density at radius 3 is 2.32 bits per heavy atom. The van der Waals surface area contributed by atoms with Crippen LogP contribution in [0.2, 0.25) is 0 Å². The summed E-state index contributed by atoms with van der Waals surface area (Å²) in [5.74, 6) is 0.556. The molecule has 0 fully saturated rings. The number of carbonyl (C=O) groups excluding carboxylic acids is 2. The van der Waals surface area contributed by atoms with Crippen LogP contribution >= 0.6 is 0 Å². The molecule has 22 heavy (non-hydrogen) atoms. The number of ketones is 1. The molecule has 0 saturated carbocycles. The van der Waals surface area contributed by atoms with Gasteiger partial charge in [-0.1, -0.05) is 26.2 Å². The standard InChI is InChI=1S/C18H26O4/c1-3-4-5-6-14-22-16-12-10-15(11-13-16)17(19)8-7-9-18(20)21-2/h10-13H,3-9,14H2,1-2H3. The second kappa shape index (κ2) is 10.8.